The van der Waals surface area contributed by atoms with Crippen LogP contribution < -0.4 is 5.32 Å². The maximum atomic E-state index is 12.0. The molecule has 3 rings (SSSR count). The Hall–Kier alpha value is -3.19. The fraction of sp³-hybridized carbons (Fsp3) is 0.190. The molecular weight excluding hydrogens is 374 g/mol. The van der Waals surface area contributed by atoms with Crippen LogP contribution in [0.15, 0.2) is 48.5 Å². The van der Waals surface area contributed by atoms with Gasteiger partial charge >= 0.3 is 5.97 Å². The van der Waals surface area contributed by atoms with Gasteiger partial charge < -0.3 is 10.1 Å². The van der Waals surface area contributed by atoms with Crippen molar-refractivity contribution in [2.45, 2.75) is 13.8 Å². The molecule has 0 unspecified atom stereocenters. The number of hydrogen-bond donors (Lipinski definition) is 1. The van der Waals surface area contributed by atoms with Gasteiger partial charge in [0.25, 0.3) is 5.91 Å². The number of rotatable bonds is 6. The zero-order valence-corrected chi connectivity index (χ0v) is 16.7. The standard InChI is InChI=1S/C21H21N3O3S/c1-14-21(15(2)24(3)23-14)22-19(25)13-27-20(26)12-10-17-9-11-18(28-17)16-7-5-4-6-8-16/h4-12H,13H2,1-3H3,(H,22,25)/b12-10+. The van der Waals surface area contributed by atoms with E-state index in [-0.39, 0.29) is 6.61 Å². The topological polar surface area (TPSA) is 73.2 Å². The molecule has 2 heterocycles. The minimum absolute atomic E-state index is 0.351. The quantitative estimate of drug-likeness (QED) is 0.506. The van der Waals surface area contributed by atoms with Gasteiger partial charge in [-0.3, -0.25) is 9.48 Å². The number of thiophene rings is 1. The van der Waals surface area contributed by atoms with E-state index in [1.807, 2.05) is 56.3 Å². The normalized spacial score (nSPS) is 11.0. The number of benzene rings is 1. The highest BCUT2D eigenvalue weighted by atomic mass is 32.1. The van der Waals surface area contributed by atoms with Crippen LogP contribution >= 0.6 is 11.3 Å². The van der Waals surface area contributed by atoms with Gasteiger partial charge in [-0.05, 0) is 37.6 Å². The Morgan fingerprint density at radius 3 is 2.61 bits per heavy atom. The molecular formula is C21H21N3O3S. The van der Waals surface area contributed by atoms with E-state index in [0.717, 1.165) is 21.0 Å². The molecule has 0 radical (unpaired) electrons. The first-order valence-electron chi connectivity index (χ1n) is 8.74. The predicted molar refractivity (Wildman–Crippen MR) is 111 cm³/mol. The lowest BCUT2D eigenvalue weighted by molar-refractivity contribution is -0.142. The molecule has 0 aliphatic carbocycles. The number of nitrogens with zero attached hydrogens (tertiary/aromatic N) is 2. The first-order chi connectivity index (χ1) is 13.4. The predicted octanol–water partition coefficient (Wildman–Crippen LogP) is 3.96. The third-order valence-electron chi connectivity index (χ3n) is 4.19. The summed E-state index contributed by atoms with van der Waals surface area (Å²) in [4.78, 5) is 26.0. The van der Waals surface area contributed by atoms with Crippen molar-refractivity contribution in [3.05, 3.63) is 64.8 Å². The van der Waals surface area contributed by atoms with Gasteiger partial charge in [-0.2, -0.15) is 5.10 Å². The molecule has 0 bridgehead atoms. The Kier molecular flexibility index (Phi) is 6.06. The van der Waals surface area contributed by atoms with Crippen LogP contribution in [0.4, 0.5) is 5.69 Å². The van der Waals surface area contributed by atoms with Crippen LogP contribution in [0.25, 0.3) is 16.5 Å². The molecule has 2 aromatic heterocycles. The van der Waals surface area contributed by atoms with Gasteiger partial charge in [-0.15, -0.1) is 11.3 Å². The SMILES string of the molecule is Cc1nn(C)c(C)c1NC(=O)COC(=O)/C=C/c1ccc(-c2ccccc2)s1. The van der Waals surface area contributed by atoms with E-state index < -0.39 is 11.9 Å². The average molecular weight is 395 g/mol. The molecule has 0 atom stereocenters. The first-order valence-corrected chi connectivity index (χ1v) is 9.56. The van der Waals surface area contributed by atoms with E-state index in [4.69, 9.17) is 4.74 Å². The second-order valence-corrected chi connectivity index (χ2v) is 7.34. The van der Waals surface area contributed by atoms with Crippen molar-refractivity contribution >= 4 is 35.0 Å². The number of hydrogen-bond acceptors (Lipinski definition) is 5. The number of carbonyl (C=O) groups excluding carboxylic acids is 2. The van der Waals surface area contributed by atoms with Crippen LogP contribution in [0.2, 0.25) is 0 Å². The highest BCUT2D eigenvalue weighted by Gasteiger charge is 2.13. The molecule has 1 aromatic carbocycles. The van der Waals surface area contributed by atoms with Crippen LogP contribution in [0.3, 0.4) is 0 Å². The zero-order valence-electron chi connectivity index (χ0n) is 15.9. The van der Waals surface area contributed by atoms with Gasteiger partial charge in [0.2, 0.25) is 0 Å². The Morgan fingerprint density at radius 2 is 1.93 bits per heavy atom. The van der Waals surface area contributed by atoms with Crippen molar-refractivity contribution in [2.24, 2.45) is 7.05 Å². The summed E-state index contributed by atoms with van der Waals surface area (Å²) in [6.45, 7) is 3.31. The molecule has 0 aliphatic heterocycles. The van der Waals surface area contributed by atoms with Gasteiger partial charge in [-0.25, -0.2) is 4.79 Å². The Balaban J connectivity index is 1.51. The Labute approximate surface area is 167 Å². The van der Waals surface area contributed by atoms with Crippen LogP contribution in [-0.2, 0) is 21.4 Å². The van der Waals surface area contributed by atoms with Crippen LogP contribution in [0.1, 0.15) is 16.3 Å². The lowest BCUT2D eigenvalue weighted by atomic mass is 10.2. The number of carbonyl (C=O) groups is 2. The third-order valence-corrected chi connectivity index (χ3v) is 5.29. The lowest BCUT2D eigenvalue weighted by Gasteiger charge is -2.05. The fourth-order valence-corrected chi connectivity index (χ4v) is 3.58. The molecule has 1 N–H and O–H groups in total. The average Bonchev–Trinajstić information content (AvgIpc) is 3.26. The maximum absolute atomic E-state index is 12.0. The molecule has 0 aliphatic rings. The highest BCUT2D eigenvalue weighted by molar-refractivity contribution is 7.16. The van der Waals surface area contributed by atoms with E-state index >= 15 is 0 Å². The van der Waals surface area contributed by atoms with Crippen molar-refractivity contribution < 1.29 is 14.3 Å². The van der Waals surface area contributed by atoms with Crippen molar-refractivity contribution in [3.8, 4) is 10.4 Å². The summed E-state index contributed by atoms with van der Waals surface area (Å²) in [6.07, 6.45) is 3.02. The van der Waals surface area contributed by atoms with Crippen LogP contribution in [0.5, 0.6) is 0 Å². The Bertz CT molecular complexity index is 1020. The number of amides is 1. The summed E-state index contributed by atoms with van der Waals surface area (Å²) >= 11 is 1.58. The fourth-order valence-electron chi connectivity index (χ4n) is 2.66. The van der Waals surface area contributed by atoms with Gasteiger partial charge in [0.05, 0.1) is 17.1 Å². The van der Waals surface area contributed by atoms with E-state index in [1.165, 1.54) is 6.08 Å². The molecule has 3 aromatic rings. The lowest BCUT2D eigenvalue weighted by Crippen LogP contribution is -2.20. The third kappa shape index (κ3) is 4.75. The summed E-state index contributed by atoms with van der Waals surface area (Å²) in [5.74, 6) is -0.965. The molecule has 28 heavy (non-hydrogen) atoms. The smallest absolute Gasteiger partial charge is 0.331 e. The number of ether oxygens (including phenoxy) is 1. The first kappa shape index (κ1) is 19.6. The maximum Gasteiger partial charge on any atom is 0.331 e. The molecule has 0 saturated heterocycles. The number of esters is 1. The molecule has 0 saturated carbocycles. The summed E-state index contributed by atoms with van der Waals surface area (Å²) in [5.41, 5.74) is 3.33. The van der Waals surface area contributed by atoms with Gasteiger partial charge in [0.1, 0.15) is 0 Å². The van der Waals surface area contributed by atoms with Crippen molar-refractivity contribution in [3.63, 3.8) is 0 Å². The minimum Gasteiger partial charge on any atom is -0.452 e. The molecule has 6 nitrogen and oxygen atoms in total. The molecule has 144 valence electrons. The largest absolute Gasteiger partial charge is 0.452 e. The van der Waals surface area contributed by atoms with Gasteiger partial charge in [0.15, 0.2) is 6.61 Å². The van der Waals surface area contributed by atoms with Crippen molar-refractivity contribution in [1.29, 1.82) is 0 Å². The van der Waals surface area contributed by atoms with Crippen LogP contribution in [-0.4, -0.2) is 28.3 Å². The van der Waals surface area contributed by atoms with E-state index in [0.29, 0.717) is 11.4 Å². The van der Waals surface area contributed by atoms with E-state index in [9.17, 15) is 9.59 Å². The number of aryl methyl sites for hydroxylation is 2. The summed E-state index contributed by atoms with van der Waals surface area (Å²) < 4.78 is 6.70. The summed E-state index contributed by atoms with van der Waals surface area (Å²) in [5, 5.41) is 6.96. The Morgan fingerprint density at radius 1 is 1.18 bits per heavy atom. The van der Waals surface area contributed by atoms with E-state index in [1.54, 1.807) is 29.1 Å². The monoisotopic (exact) mass is 395 g/mol. The number of aromatic nitrogens is 2. The molecule has 0 spiro atoms. The zero-order chi connectivity index (χ0) is 20.1. The van der Waals surface area contributed by atoms with E-state index in [2.05, 4.69) is 10.4 Å². The van der Waals surface area contributed by atoms with Gasteiger partial charge in [-0.1, -0.05) is 30.3 Å². The highest BCUT2D eigenvalue weighted by Crippen LogP contribution is 2.28. The van der Waals surface area contributed by atoms with Gasteiger partial charge in [0, 0.05) is 22.9 Å². The molecule has 7 heteroatoms. The number of nitrogens with one attached hydrogen (secondary N) is 1. The van der Waals surface area contributed by atoms with Crippen molar-refractivity contribution in [1.82, 2.24) is 9.78 Å². The second kappa shape index (κ2) is 8.67. The molecule has 0 fully saturated rings. The van der Waals surface area contributed by atoms with Crippen LogP contribution in [0, 0.1) is 13.8 Å². The minimum atomic E-state index is -0.565. The second-order valence-electron chi connectivity index (χ2n) is 6.23. The molecule has 1 amide bonds. The van der Waals surface area contributed by atoms with Crippen molar-refractivity contribution in [2.75, 3.05) is 11.9 Å². The summed E-state index contributed by atoms with van der Waals surface area (Å²) in [6, 6.07) is 14.0. The summed E-state index contributed by atoms with van der Waals surface area (Å²) in [7, 11) is 1.80. The number of anilines is 1.